The Morgan fingerprint density at radius 2 is 0.875 bits per heavy atom. The van der Waals surface area contributed by atoms with Gasteiger partial charge in [-0.1, -0.05) is 27.7 Å². The number of hydrogen-bond acceptors (Lipinski definition) is 33. The molecule has 33 heteroatoms. The van der Waals surface area contributed by atoms with Crippen molar-refractivity contribution in [3.05, 3.63) is 0 Å². The van der Waals surface area contributed by atoms with Crippen LogP contribution in [0.5, 0.6) is 0 Å². The maximum Gasteiger partial charge on any atom is 0.187 e. The van der Waals surface area contributed by atoms with Gasteiger partial charge < -0.3 is 163 Å². The summed E-state index contributed by atoms with van der Waals surface area (Å²) in [5.41, 5.74) is -0.514. The van der Waals surface area contributed by atoms with Crippen molar-refractivity contribution in [3.63, 3.8) is 0 Å². The average Bonchev–Trinajstić information content (AvgIpc) is 1.50. The van der Waals surface area contributed by atoms with Crippen molar-refractivity contribution in [1.82, 2.24) is 0 Å². The molecule has 0 aromatic carbocycles. The average molecular weight is 1390 g/mol. The van der Waals surface area contributed by atoms with Crippen molar-refractivity contribution < 1.29 is 163 Å². The largest absolute Gasteiger partial charge is 0.394 e. The molecule has 0 radical (unpaired) electrons. The fourth-order valence-electron chi connectivity index (χ4n) is 19.0. The van der Waals surface area contributed by atoms with Crippen LogP contribution in [-0.4, -0.2) is 345 Å². The summed E-state index contributed by atoms with van der Waals surface area (Å²) in [4.78, 5) is 0. The molecule has 554 valence electrons. The third kappa shape index (κ3) is 13.0. The molecular weight excluding hydrogens is 1280 g/mol. The molecule has 8 saturated heterocycles. The Kier molecular flexibility index (Phi) is 22.7. The van der Waals surface area contributed by atoms with Gasteiger partial charge >= 0.3 is 0 Å². The van der Waals surface area contributed by atoms with E-state index in [1.54, 1.807) is 0 Å². The Morgan fingerprint density at radius 3 is 1.46 bits per heavy atom. The number of aliphatic hydroxyl groups is 19. The number of hydrogen-bond donors (Lipinski definition) is 19. The zero-order valence-corrected chi connectivity index (χ0v) is 54.4. The number of ether oxygens (including phenoxy) is 14. The fraction of sp³-hybridized carbons (Fsp3) is 1.00. The van der Waals surface area contributed by atoms with E-state index in [1.807, 2.05) is 0 Å². The summed E-state index contributed by atoms with van der Waals surface area (Å²) in [5.74, 6) is 1.12. The SMILES string of the molecule is C[C@@H]1CC[C@@]2(OC1)O[C@H]1C[C@H]3[C@@H]4CC[C@H]5C[C@@H](O[C@@H]6O[C@H](CO)[C@@H](O[C@@H]7O[C@H](CO)[C@@H](O)[C@H](O[C@@H]8O[C@H](CO)[C@@H](O[C@@H]9O[C@@H](C)[C@H](O)[C@@H](O)[C@H]9O)[C@H](O)[C@H]8O)[C@H]7O[C@@H]7O[C@H](CO)[C@@H](O)[C@H](O[C@@H]8O[C@H](CO)[C@@H](O)[C@H](O)[C@H]8O)[C@H]7O)[C@H](O)[C@H]6O)CC[C@]5(C)[C@H]4C[C@@H](O)[C@]3(C)[C@H]1[C@@H]2C. The Morgan fingerprint density at radius 1 is 0.396 bits per heavy atom. The minimum atomic E-state index is -2.29. The van der Waals surface area contributed by atoms with Crippen LogP contribution in [0.3, 0.4) is 0 Å². The molecule has 0 bridgehead atoms. The van der Waals surface area contributed by atoms with Crippen molar-refractivity contribution in [2.24, 2.45) is 52.3 Å². The van der Waals surface area contributed by atoms with E-state index in [4.69, 9.17) is 66.3 Å². The van der Waals surface area contributed by atoms with Gasteiger partial charge in [0.25, 0.3) is 0 Å². The zero-order chi connectivity index (χ0) is 69.1. The molecular formula is C63H104O33. The van der Waals surface area contributed by atoms with Crippen LogP contribution in [0.4, 0.5) is 0 Å². The summed E-state index contributed by atoms with van der Waals surface area (Å²) in [5, 5.41) is 212. The van der Waals surface area contributed by atoms with E-state index in [2.05, 4.69) is 27.7 Å². The van der Waals surface area contributed by atoms with E-state index in [1.165, 1.54) is 6.92 Å². The second-order valence-electron chi connectivity index (χ2n) is 30.0. The molecule has 8 aliphatic heterocycles. The molecule has 43 atom stereocenters. The fourth-order valence-corrected chi connectivity index (χ4v) is 19.0. The Hall–Kier alpha value is -1.32. The smallest absolute Gasteiger partial charge is 0.187 e. The first kappa shape index (κ1) is 74.4. The van der Waals surface area contributed by atoms with Gasteiger partial charge in [-0.2, -0.15) is 0 Å². The second kappa shape index (κ2) is 29.3. The van der Waals surface area contributed by atoms with E-state index in [-0.39, 0.29) is 46.5 Å². The molecule has 4 saturated carbocycles. The van der Waals surface area contributed by atoms with Gasteiger partial charge in [-0.3, -0.25) is 0 Å². The van der Waals surface area contributed by atoms with Gasteiger partial charge in [0.1, 0.15) is 140 Å². The first-order valence-corrected chi connectivity index (χ1v) is 34.3. The lowest BCUT2D eigenvalue weighted by Gasteiger charge is -2.62. The summed E-state index contributed by atoms with van der Waals surface area (Å²) in [6.45, 7) is 6.11. The predicted octanol–water partition coefficient (Wildman–Crippen LogP) is -7.26. The lowest BCUT2D eigenvalue weighted by Crippen LogP contribution is -2.69. The maximum atomic E-state index is 12.4. The van der Waals surface area contributed by atoms with Gasteiger partial charge in [0.05, 0.1) is 64.1 Å². The van der Waals surface area contributed by atoms with Crippen LogP contribution >= 0.6 is 0 Å². The molecule has 12 fully saturated rings. The second-order valence-corrected chi connectivity index (χ2v) is 30.0. The van der Waals surface area contributed by atoms with Crippen LogP contribution in [0.2, 0.25) is 0 Å². The zero-order valence-electron chi connectivity index (χ0n) is 54.4. The van der Waals surface area contributed by atoms with Gasteiger partial charge in [0, 0.05) is 23.7 Å². The molecule has 12 rings (SSSR count). The molecule has 96 heavy (non-hydrogen) atoms. The van der Waals surface area contributed by atoms with Crippen LogP contribution in [0, 0.1) is 52.3 Å². The highest BCUT2D eigenvalue weighted by molar-refractivity contribution is 5.18. The molecule has 19 N–H and O–H groups in total. The molecule has 33 nitrogen and oxygen atoms in total. The Balaban J connectivity index is 0.766. The van der Waals surface area contributed by atoms with Gasteiger partial charge in [0.2, 0.25) is 0 Å². The van der Waals surface area contributed by atoms with E-state index >= 15 is 0 Å². The van der Waals surface area contributed by atoms with Crippen LogP contribution < -0.4 is 0 Å². The third-order valence-corrected chi connectivity index (χ3v) is 24.7. The van der Waals surface area contributed by atoms with Gasteiger partial charge in [-0.25, -0.2) is 0 Å². The summed E-state index contributed by atoms with van der Waals surface area (Å²) in [6.07, 6.45) is -51.4. The van der Waals surface area contributed by atoms with E-state index in [9.17, 15) is 97.0 Å². The number of fused-ring (bicyclic) bond motifs is 7. The normalized spacial score (nSPS) is 57.6. The van der Waals surface area contributed by atoms with Crippen molar-refractivity contribution in [3.8, 4) is 0 Å². The van der Waals surface area contributed by atoms with Crippen LogP contribution in [0.25, 0.3) is 0 Å². The highest BCUT2D eigenvalue weighted by Gasteiger charge is 2.72. The third-order valence-electron chi connectivity index (χ3n) is 24.7. The number of rotatable bonds is 17. The Labute approximate surface area is 554 Å². The first-order chi connectivity index (χ1) is 45.6. The quantitative estimate of drug-likeness (QED) is 0.0602. The minimum absolute atomic E-state index is 0.00261. The summed E-state index contributed by atoms with van der Waals surface area (Å²) < 4.78 is 85.5. The lowest BCUT2D eigenvalue weighted by molar-refractivity contribution is -0.414. The standard InChI is InChI=1S/C63H104O33/c1-21-8-11-63(83-20-21)22(2)36-29(96-63)13-28-26-7-6-24-12-25(9-10-61(24,4)27(26)14-35(69)62(28,36)5)85-56-47(80)43(76)51(34(19-68)89-56)92-60-54(95-59-49(82)52(39(72)31(16-65)87-59)93-57-46(79)42(75)38(71)30(15-64)86-57)53(40(73)32(17-66)88-60)94-58-48(81)44(77)50(33(18-67)90-58)91-55-45(78)41(74)37(70)23(3)84-55/h21-60,64-82H,6-20H2,1-5H3/t21-,22+,23+,24+,25+,26-,27+,28+,29+,30-,31-,32-,33-,34-,35-,36+,37+,38-,39-,40-,41-,42+,43-,44-,45-,46-,47-,48-,49-,50-,51-,52+,53+,54-,55+,56-,57+,58+,59+,60+,61+,62-,63-/m1/s1. The first-order valence-electron chi connectivity index (χ1n) is 34.3. The van der Waals surface area contributed by atoms with Crippen LogP contribution in [0.1, 0.15) is 92.4 Å². The monoisotopic (exact) mass is 1390 g/mol. The predicted molar refractivity (Wildman–Crippen MR) is 314 cm³/mol. The summed E-state index contributed by atoms with van der Waals surface area (Å²) in [7, 11) is 0. The lowest BCUT2D eigenvalue weighted by atomic mass is 9.43. The topological polar surface area (TPSA) is 514 Å². The molecule has 12 aliphatic rings. The van der Waals surface area contributed by atoms with Crippen molar-refractivity contribution >= 4 is 0 Å². The molecule has 0 aromatic rings. The molecule has 1 spiro atoms. The highest BCUT2D eigenvalue weighted by atomic mass is 16.8. The van der Waals surface area contributed by atoms with Gasteiger partial charge in [-0.05, 0) is 93.3 Å². The van der Waals surface area contributed by atoms with Crippen molar-refractivity contribution in [2.75, 3.05) is 39.6 Å². The number of aliphatic hydroxyl groups excluding tert-OH is 19. The van der Waals surface area contributed by atoms with Crippen LogP contribution in [0.15, 0.2) is 0 Å². The molecule has 0 aromatic heterocycles. The highest BCUT2D eigenvalue weighted by Crippen LogP contribution is 2.71. The molecule has 0 amide bonds. The maximum absolute atomic E-state index is 12.4. The van der Waals surface area contributed by atoms with E-state index in [0.29, 0.717) is 37.7 Å². The summed E-state index contributed by atoms with van der Waals surface area (Å²) >= 11 is 0. The minimum Gasteiger partial charge on any atom is -0.394 e. The molecule has 4 aliphatic carbocycles. The molecule has 8 heterocycles. The molecule has 0 unspecified atom stereocenters. The van der Waals surface area contributed by atoms with E-state index < -0.39 is 235 Å². The van der Waals surface area contributed by atoms with Gasteiger partial charge in [-0.15, -0.1) is 0 Å². The van der Waals surface area contributed by atoms with E-state index in [0.717, 1.165) is 38.5 Å². The van der Waals surface area contributed by atoms with Gasteiger partial charge in [0.15, 0.2) is 43.5 Å². The Bertz CT molecular complexity index is 2540. The van der Waals surface area contributed by atoms with Crippen molar-refractivity contribution in [1.29, 1.82) is 0 Å². The van der Waals surface area contributed by atoms with Crippen molar-refractivity contribution in [2.45, 2.75) is 301 Å². The summed E-state index contributed by atoms with van der Waals surface area (Å²) in [6, 6.07) is 0. The van der Waals surface area contributed by atoms with Crippen LogP contribution in [-0.2, 0) is 66.3 Å².